The lowest BCUT2D eigenvalue weighted by atomic mass is 9.57. The van der Waals surface area contributed by atoms with Gasteiger partial charge >= 0.3 is 11.7 Å². The second-order valence-corrected chi connectivity index (χ2v) is 23.5. The van der Waals surface area contributed by atoms with Gasteiger partial charge in [0.2, 0.25) is 11.8 Å². The number of imide groups is 1. The molecule has 18 heteroatoms. The number of carbonyl (C=O) groups excluding carboxylic acids is 2. The predicted molar refractivity (Wildman–Crippen MR) is 281 cm³/mol. The highest BCUT2D eigenvalue weighted by Crippen LogP contribution is 2.54. The lowest BCUT2D eigenvalue weighted by Crippen LogP contribution is -2.54. The standard InChI is InChI=1S/C57H66F2N10O6/c1-3-39-42(58)7-5-36-23-38(70)25-40(47(36)39)49-48(59)50-41(28-60-49)51(68-16-4-11-57(31-68)32-74-33-57)63-53(62-50)75-34-56(12-13-56)30-66-17-14-55(15-18-66)26-35(27-55)29-65-19-21-67(22-20-65)37-6-8-43-45(24-37)64(2)54(73)69(43)44-9-10-46(71)61-52(44)72/h5-8,23-25,28,35,44,70H,3-4,9-22,26-27,29-34H2,1-2H3,(H,61,71,72). The molecule has 16 nitrogen and oxygen atoms in total. The van der Waals surface area contributed by atoms with E-state index in [2.05, 4.69) is 42.0 Å². The Morgan fingerprint density at radius 3 is 2.40 bits per heavy atom. The Kier molecular flexibility index (Phi) is 11.9. The molecule has 2 aliphatic carbocycles. The molecule has 13 rings (SSSR count). The molecule has 394 valence electrons. The molecule has 7 aliphatic rings. The third-order valence-electron chi connectivity index (χ3n) is 18.4. The Hall–Kier alpha value is -6.24. The molecular formula is C57H66F2N10O6. The van der Waals surface area contributed by atoms with E-state index in [0.717, 1.165) is 102 Å². The molecular weight excluding hydrogens is 959 g/mol. The number of ether oxygens (including phenoxy) is 2. The van der Waals surface area contributed by atoms with Crippen molar-refractivity contribution in [1.82, 2.24) is 39.2 Å². The van der Waals surface area contributed by atoms with Crippen LogP contribution in [0.1, 0.15) is 82.7 Å². The van der Waals surface area contributed by atoms with Crippen LogP contribution in [-0.4, -0.2) is 136 Å². The van der Waals surface area contributed by atoms with Crippen LogP contribution < -0.4 is 25.5 Å². The predicted octanol–water partition coefficient (Wildman–Crippen LogP) is 7.11. The van der Waals surface area contributed by atoms with Gasteiger partial charge in [0.15, 0.2) is 5.82 Å². The van der Waals surface area contributed by atoms with Crippen molar-refractivity contribution in [3.05, 3.63) is 76.3 Å². The van der Waals surface area contributed by atoms with Crippen LogP contribution in [0.25, 0.3) is 44.0 Å². The zero-order chi connectivity index (χ0) is 51.4. The molecule has 0 radical (unpaired) electrons. The summed E-state index contributed by atoms with van der Waals surface area (Å²) in [6.07, 6.45) is 11.6. The van der Waals surface area contributed by atoms with Crippen LogP contribution in [0.15, 0.2) is 53.5 Å². The minimum atomic E-state index is -0.696. The largest absolute Gasteiger partial charge is 0.508 e. The van der Waals surface area contributed by atoms with Crippen molar-refractivity contribution < 1.29 is 33.0 Å². The number of pyridine rings is 1. The number of aromatic hydroxyl groups is 1. The average Bonchev–Trinajstić information content (AvgIpc) is 4.12. The number of piperazine rings is 1. The van der Waals surface area contributed by atoms with Gasteiger partial charge in [-0.2, -0.15) is 9.97 Å². The minimum absolute atomic E-state index is 0.00934. The molecule has 3 aromatic heterocycles. The number of nitrogens with one attached hydrogen (secondary N) is 1. The number of nitrogens with zero attached hydrogens (tertiary/aromatic N) is 9. The van der Waals surface area contributed by atoms with Gasteiger partial charge in [-0.15, -0.1) is 0 Å². The van der Waals surface area contributed by atoms with Gasteiger partial charge in [-0.25, -0.2) is 13.6 Å². The summed E-state index contributed by atoms with van der Waals surface area (Å²) < 4.78 is 47.9. The summed E-state index contributed by atoms with van der Waals surface area (Å²) in [6, 6.07) is 11.5. The van der Waals surface area contributed by atoms with Gasteiger partial charge in [-0.05, 0) is 141 Å². The van der Waals surface area contributed by atoms with Crippen molar-refractivity contribution in [2.75, 3.05) is 95.1 Å². The first kappa shape index (κ1) is 48.4. The van der Waals surface area contributed by atoms with Crippen LogP contribution in [0.2, 0.25) is 0 Å². The number of phenols is 1. The Morgan fingerprint density at radius 2 is 1.67 bits per heavy atom. The van der Waals surface area contributed by atoms with E-state index in [1.54, 1.807) is 29.9 Å². The average molecular weight is 1030 g/mol. The van der Waals surface area contributed by atoms with Gasteiger partial charge in [0, 0.05) is 94.1 Å². The van der Waals surface area contributed by atoms with E-state index < -0.39 is 17.8 Å². The third kappa shape index (κ3) is 8.68. The van der Waals surface area contributed by atoms with E-state index in [1.165, 1.54) is 42.4 Å². The van der Waals surface area contributed by atoms with Gasteiger partial charge in [0.05, 0.1) is 36.2 Å². The molecule has 0 bridgehead atoms. The van der Waals surface area contributed by atoms with Crippen LogP contribution in [0.4, 0.5) is 20.3 Å². The normalized spacial score (nSPS) is 22.8. The maximum atomic E-state index is 17.3. The quantitative estimate of drug-likeness (QED) is 0.119. The molecule has 7 fully saturated rings. The number of rotatable bonds is 12. The summed E-state index contributed by atoms with van der Waals surface area (Å²) >= 11 is 0. The van der Waals surface area contributed by atoms with Gasteiger partial charge in [-0.1, -0.05) is 13.0 Å². The highest BCUT2D eigenvalue weighted by molar-refractivity contribution is 6.02. The van der Waals surface area contributed by atoms with Crippen molar-refractivity contribution in [3.63, 3.8) is 0 Å². The number of piperidine rings is 3. The highest BCUT2D eigenvalue weighted by atomic mass is 19.1. The van der Waals surface area contributed by atoms with Crippen LogP contribution >= 0.6 is 0 Å². The van der Waals surface area contributed by atoms with Crippen molar-refractivity contribution in [2.24, 2.45) is 29.2 Å². The first-order valence-electron chi connectivity index (χ1n) is 27.3. The number of imidazole rings is 1. The molecule has 8 heterocycles. The summed E-state index contributed by atoms with van der Waals surface area (Å²) in [5.74, 6) is -0.531. The molecule has 75 heavy (non-hydrogen) atoms. The number of benzene rings is 3. The van der Waals surface area contributed by atoms with Gasteiger partial charge in [0.1, 0.15) is 34.6 Å². The fourth-order valence-electron chi connectivity index (χ4n) is 14.0. The Bertz CT molecular complexity index is 3330. The van der Waals surface area contributed by atoms with E-state index >= 15 is 8.78 Å². The number of amides is 2. The molecule has 3 aromatic carbocycles. The summed E-state index contributed by atoms with van der Waals surface area (Å²) in [4.78, 5) is 62.1. The molecule has 2 saturated carbocycles. The second-order valence-electron chi connectivity index (χ2n) is 23.5. The molecule has 1 atom stereocenters. The van der Waals surface area contributed by atoms with E-state index in [-0.39, 0.29) is 57.6 Å². The number of fused-ring (bicyclic) bond motifs is 3. The number of carbonyl (C=O) groups is 2. The molecule has 6 aromatic rings. The van der Waals surface area contributed by atoms with Crippen molar-refractivity contribution in [2.45, 2.75) is 83.6 Å². The van der Waals surface area contributed by atoms with E-state index in [4.69, 9.17) is 19.4 Å². The number of hydrogen-bond donors (Lipinski definition) is 2. The Morgan fingerprint density at radius 1 is 0.867 bits per heavy atom. The first-order valence-corrected chi connectivity index (χ1v) is 27.3. The number of aryl methyl sites for hydroxylation is 2. The van der Waals surface area contributed by atoms with Gasteiger partial charge in [0.25, 0.3) is 0 Å². The maximum absolute atomic E-state index is 17.3. The fourth-order valence-corrected chi connectivity index (χ4v) is 14.0. The van der Waals surface area contributed by atoms with Gasteiger partial charge in [-0.3, -0.25) is 33.9 Å². The molecule has 2 spiro atoms. The van der Waals surface area contributed by atoms with Crippen LogP contribution in [0.5, 0.6) is 11.8 Å². The van der Waals surface area contributed by atoms with Crippen LogP contribution in [0.3, 0.4) is 0 Å². The lowest BCUT2D eigenvalue weighted by molar-refractivity contribution is -0.135. The summed E-state index contributed by atoms with van der Waals surface area (Å²) in [6.45, 7) is 13.2. The molecule has 5 aliphatic heterocycles. The molecule has 2 N–H and O–H groups in total. The number of aromatic nitrogens is 5. The van der Waals surface area contributed by atoms with E-state index in [9.17, 15) is 19.5 Å². The Balaban J connectivity index is 0.639. The summed E-state index contributed by atoms with van der Waals surface area (Å²) in [5.41, 5.74) is 3.58. The number of hydrogen-bond acceptors (Lipinski definition) is 13. The minimum Gasteiger partial charge on any atom is -0.508 e. The van der Waals surface area contributed by atoms with Crippen molar-refractivity contribution in [1.29, 1.82) is 0 Å². The van der Waals surface area contributed by atoms with E-state index in [1.807, 2.05) is 13.0 Å². The number of likely N-dealkylation sites (tertiary alicyclic amines) is 1. The second kappa shape index (κ2) is 18.5. The smallest absolute Gasteiger partial charge is 0.329 e. The number of phenolic OH excluding ortho intramolecular Hbond substituents is 1. The zero-order valence-corrected chi connectivity index (χ0v) is 43.0. The first-order chi connectivity index (χ1) is 36.3. The lowest BCUT2D eigenvalue weighted by Gasteiger charge is -2.54. The monoisotopic (exact) mass is 1020 g/mol. The molecule has 5 saturated heterocycles. The topological polar surface area (TPSA) is 163 Å². The summed E-state index contributed by atoms with van der Waals surface area (Å²) in [7, 11) is 1.74. The van der Waals surface area contributed by atoms with Crippen molar-refractivity contribution >= 4 is 56.0 Å². The number of anilines is 2. The van der Waals surface area contributed by atoms with Crippen molar-refractivity contribution in [3.8, 4) is 23.0 Å². The van der Waals surface area contributed by atoms with Gasteiger partial charge < -0.3 is 29.3 Å². The van der Waals surface area contributed by atoms with Crippen LogP contribution in [-0.2, 0) is 27.8 Å². The highest BCUT2D eigenvalue weighted by Gasteiger charge is 2.50. The SMILES string of the molecule is CCc1c(F)ccc2cc(O)cc(-c3ncc4c(N5CCCC6(COC6)C5)nc(OCC5(CN6CCC7(CC6)CC(CN6CCN(c8ccc9c(c8)n(C)c(=O)n9C8CCC(=O)NC8=O)CC6)C7)CC5)nc4c3F)c12. The van der Waals surface area contributed by atoms with Crippen LogP contribution in [0, 0.1) is 33.8 Å². The Labute approximate surface area is 434 Å². The third-order valence-corrected chi connectivity index (χ3v) is 18.4. The number of halogens is 2. The maximum Gasteiger partial charge on any atom is 0.329 e. The van der Waals surface area contributed by atoms with E-state index in [0.29, 0.717) is 82.6 Å². The fraction of sp³-hybridized carbons (Fsp3) is 0.544. The zero-order valence-electron chi connectivity index (χ0n) is 43.0. The summed E-state index contributed by atoms with van der Waals surface area (Å²) in [5, 5.41) is 14.8. The molecule has 1 unspecified atom stereocenters. The molecule has 2 amide bonds.